The second kappa shape index (κ2) is 5.51. The molecule has 1 aromatic carbocycles. The highest BCUT2D eigenvalue weighted by molar-refractivity contribution is 5.84. The molecule has 1 amide bonds. The Morgan fingerprint density at radius 2 is 1.89 bits per heavy atom. The molecule has 4 heteroatoms. The van der Waals surface area contributed by atoms with Crippen LogP contribution < -0.4 is 10.6 Å². The lowest BCUT2D eigenvalue weighted by molar-refractivity contribution is 0.187. The predicted molar refractivity (Wildman–Crippen MR) is 77.5 cm³/mol. The fourth-order valence-electron chi connectivity index (χ4n) is 2.61. The highest BCUT2D eigenvalue weighted by atomic mass is 16.5. The Morgan fingerprint density at radius 3 is 2.42 bits per heavy atom. The molecule has 0 radical (unpaired) electrons. The second-order valence-electron chi connectivity index (χ2n) is 5.77. The molecule has 1 fully saturated rings. The summed E-state index contributed by atoms with van der Waals surface area (Å²) < 4.78 is 4.55. The third kappa shape index (κ3) is 3.40. The van der Waals surface area contributed by atoms with Crippen LogP contribution in [-0.2, 0) is 4.74 Å². The van der Waals surface area contributed by atoms with E-state index in [1.165, 1.54) is 26.4 Å². The van der Waals surface area contributed by atoms with Gasteiger partial charge in [0.15, 0.2) is 0 Å². The number of ether oxygens (including phenoxy) is 1. The number of nitrogens with one attached hydrogen (secondary N) is 2. The van der Waals surface area contributed by atoms with Gasteiger partial charge in [-0.3, -0.25) is 5.32 Å². The molecule has 1 aromatic rings. The summed E-state index contributed by atoms with van der Waals surface area (Å²) in [4.78, 5) is 11.1. The summed E-state index contributed by atoms with van der Waals surface area (Å²) >= 11 is 0. The van der Waals surface area contributed by atoms with E-state index in [0.29, 0.717) is 11.5 Å². The molecular weight excluding hydrogens is 240 g/mol. The maximum absolute atomic E-state index is 11.1. The monoisotopic (exact) mass is 262 g/mol. The van der Waals surface area contributed by atoms with Crippen molar-refractivity contribution in [2.45, 2.75) is 39.2 Å². The van der Waals surface area contributed by atoms with Crippen LogP contribution in [0.25, 0.3) is 0 Å². The molecule has 1 aliphatic rings. The Bertz CT molecular complexity index is 440. The smallest absolute Gasteiger partial charge is 0.411 e. The van der Waals surface area contributed by atoms with Crippen molar-refractivity contribution in [1.29, 1.82) is 0 Å². The summed E-state index contributed by atoms with van der Waals surface area (Å²) in [6.45, 7) is 4.62. The van der Waals surface area contributed by atoms with E-state index >= 15 is 0 Å². The fourth-order valence-corrected chi connectivity index (χ4v) is 2.61. The lowest BCUT2D eigenvalue weighted by Crippen LogP contribution is -2.30. The van der Waals surface area contributed by atoms with Gasteiger partial charge in [-0.2, -0.15) is 0 Å². The maximum Gasteiger partial charge on any atom is 0.411 e. The first-order chi connectivity index (χ1) is 9.01. The standard InChI is InChI=1S/C15H22N2O2/c1-15(2)10-4-5-13(15)16-11-6-8-12(9-7-11)17-14(18)19-3/h6-9,13,16H,4-5,10H2,1-3H3,(H,17,18). The van der Waals surface area contributed by atoms with E-state index in [2.05, 4.69) is 29.2 Å². The van der Waals surface area contributed by atoms with Crippen molar-refractivity contribution in [3.63, 3.8) is 0 Å². The molecule has 1 unspecified atom stereocenters. The first kappa shape index (κ1) is 13.7. The van der Waals surface area contributed by atoms with E-state index < -0.39 is 6.09 Å². The van der Waals surface area contributed by atoms with E-state index in [4.69, 9.17) is 0 Å². The first-order valence-electron chi connectivity index (χ1n) is 6.73. The molecule has 0 aliphatic heterocycles. The zero-order valence-electron chi connectivity index (χ0n) is 11.8. The van der Waals surface area contributed by atoms with Gasteiger partial charge < -0.3 is 10.1 Å². The second-order valence-corrected chi connectivity index (χ2v) is 5.77. The third-order valence-corrected chi connectivity index (χ3v) is 3.91. The Labute approximate surface area is 114 Å². The third-order valence-electron chi connectivity index (χ3n) is 3.91. The van der Waals surface area contributed by atoms with Gasteiger partial charge in [0.1, 0.15) is 0 Å². The molecule has 0 bridgehead atoms. The number of anilines is 2. The lowest BCUT2D eigenvalue weighted by atomic mass is 9.87. The topological polar surface area (TPSA) is 50.4 Å². The van der Waals surface area contributed by atoms with Gasteiger partial charge in [0, 0.05) is 17.4 Å². The number of hydrogen-bond donors (Lipinski definition) is 2. The van der Waals surface area contributed by atoms with Gasteiger partial charge >= 0.3 is 6.09 Å². The van der Waals surface area contributed by atoms with Crippen LogP contribution in [0.3, 0.4) is 0 Å². The molecular formula is C15H22N2O2. The molecule has 0 saturated heterocycles. The van der Waals surface area contributed by atoms with Gasteiger partial charge in [0.2, 0.25) is 0 Å². The molecule has 1 saturated carbocycles. The minimum Gasteiger partial charge on any atom is -0.453 e. The number of carbonyl (C=O) groups excluding carboxylic acids is 1. The quantitative estimate of drug-likeness (QED) is 0.869. The van der Waals surface area contributed by atoms with Crippen molar-refractivity contribution >= 4 is 17.5 Å². The molecule has 104 valence electrons. The molecule has 0 aromatic heterocycles. The average molecular weight is 262 g/mol. The van der Waals surface area contributed by atoms with E-state index in [0.717, 1.165) is 11.4 Å². The van der Waals surface area contributed by atoms with Crippen molar-refractivity contribution in [2.24, 2.45) is 5.41 Å². The number of benzene rings is 1. The normalized spacial score (nSPS) is 20.9. The van der Waals surface area contributed by atoms with Gasteiger partial charge in [0.25, 0.3) is 0 Å². The van der Waals surface area contributed by atoms with Gasteiger partial charge in [-0.1, -0.05) is 20.3 Å². The average Bonchev–Trinajstić information content (AvgIpc) is 2.71. The van der Waals surface area contributed by atoms with Crippen molar-refractivity contribution in [2.75, 3.05) is 17.7 Å². The van der Waals surface area contributed by atoms with Crippen molar-refractivity contribution in [1.82, 2.24) is 0 Å². The molecule has 0 heterocycles. The number of methoxy groups -OCH3 is 1. The van der Waals surface area contributed by atoms with E-state index in [-0.39, 0.29) is 0 Å². The fraction of sp³-hybridized carbons (Fsp3) is 0.533. The Kier molecular flexibility index (Phi) is 3.98. The SMILES string of the molecule is COC(=O)Nc1ccc(NC2CCCC2(C)C)cc1. The van der Waals surface area contributed by atoms with Crippen molar-refractivity contribution in [3.8, 4) is 0 Å². The summed E-state index contributed by atoms with van der Waals surface area (Å²) in [5, 5.41) is 6.22. The van der Waals surface area contributed by atoms with Gasteiger partial charge in [0.05, 0.1) is 7.11 Å². The highest BCUT2D eigenvalue weighted by Crippen LogP contribution is 2.39. The van der Waals surface area contributed by atoms with Gasteiger partial charge in [-0.25, -0.2) is 4.79 Å². The number of rotatable bonds is 3. The molecule has 19 heavy (non-hydrogen) atoms. The van der Waals surface area contributed by atoms with E-state index in [1.807, 2.05) is 24.3 Å². The molecule has 2 rings (SSSR count). The van der Waals surface area contributed by atoms with Crippen LogP contribution in [0.1, 0.15) is 33.1 Å². The minimum atomic E-state index is -0.447. The number of carbonyl (C=O) groups is 1. The van der Waals surface area contributed by atoms with Crippen LogP contribution in [0.4, 0.5) is 16.2 Å². The van der Waals surface area contributed by atoms with Crippen LogP contribution >= 0.6 is 0 Å². The van der Waals surface area contributed by atoms with Crippen molar-refractivity contribution in [3.05, 3.63) is 24.3 Å². The first-order valence-corrected chi connectivity index (χ1v) is 6.73. The van der Waals surface area contributed by atoms with Crippen LogP contribution in [0.2, 0.25) is 0 Å². The highest BCUT2D eigenvalue weighted by Gasteiger charge is 2.34. The van der Waals surface area contributed by atoms with Crippen molar-refractivity contribution < 1.29 is 9.53 Å². The van der Waals surface area contributed by atoms with Gasteiger partial charge in [-0.05, 0) is 42.5 Å². The Morgan fingerprint density at radius 1 is 1.26 bits per heavy atom. The van der Waals surface area contributed by atoms with Gasteiger partial charge in [-0.15, -0.1) is 0 Å². The molecule has 4 nitrogen and oxygen atoms in total. The summed E-state index contributed by atoms with van der Waals surface area (Å²) in [5.74, 6) is 0. The van der Waals surface area contributed by atoms with Crippen LogP contribution in [0, 0.1) is 5.41 Å². The Balaban J connectivity index is 1.97. The molecule has 2 N–H and O–H groups in total. The zero-order chi connectivity index (χ0) is 13.9. The largest absolute Gasteiger partial charge is 0.453 e. The predicted octanol–water partition coefficient (Wildman–Crippen LogP) is 3.86. The molecule has 1 atom stereocenters. The molecule has 1 aliphatic carbocycles. The number of hydrogen-bond acceptors (Lipinski definition) is 3. The summed E-state index contributed by atoms with van der Waals surface area (Å²) in [6, 6.07) is 8.24. The Hall–Kier alpha value is -1.71. The van der Waals surface area contributed by atoms with E-state index in [9.17, 15) is 4.79 Å². The lowest BCUT2D eigenvalue weighted by Gasteiger charge is -2.28. The summed E-state index contributed by atoms with van der Waals surface area (Å²) in [6.07, 6.45) is 3.33. The molecule has 0 spiro atoms. The van der Waals surface area contributed by atoms with Crippen LogP contribution in [-0.4, -0.2) is 19.2 Å². The van der Waals surface area contributed by atoms with Crippen LogP contribution in [0.15, 0.2) is 24.3 Å². The zero-order valence-corrected chi connectivity index (χ0v) is 11.8. The number of amides is 1. The minimum absolute atomic E-state index is 0.350. The maximum atomic E-state index is 11.1. The van der Waals surface area contributed by atoms with E-state index in [1.54, 1.807) is 0 Å². The summed E-state index contributed by atoms with van der Waals surface area (Å²) in [7, 11) is 1.35. The summed E-state index contributed by atoms with van der Waals surface area (Å²) in [5.41, 5.74) is 2.18. The van der Waals surface area contributed by atoms with Crippen LogP contribution in [0.5, 0.6) is 0 Å².